The summed E-state index contributed by atoms with van der Waals surface area (Å²) < 4.78 is 0. The molecule has 1 aromatic carbocycles. The van der Waals surface area contributed by atoms with Crippen LogP contribution in [0.4, 0.5) is 0 Å². The monoisotopic (exact) mass is 272 g/mol. The number of unbranched alkanes of at least 4 members (excludes halogenated alkanes) is 2. The quantitative estimate of drug-likeness (QED) is 0.685. The number of rotatable bonds is 7. The van der Waals surface area contributed by atoms with E-state index in [1.54, 1.807) is 0 Å². The molecule has 0 radical (unpaired) electrons. The highest BCUT2D eigenvalue weighted by Crippen LogP contribution is 2.23. The van der Waals surface area contributed by atoms with Crippen molar-refractivity contribution >= 4 is 0 Å². The fourth-order valence-electron chi connectivity index (χ4n) is 2.86. The lowest BCUT2D eigenvalue weighted by atomic mass is 10.1. The highest BCUT2D eigenvalue weighted by atomic mass is 15.4. The summed E-state index contributed by atoms with van der Waals surface area (Å²) in [6, 6.07) is 11.4. The predicted molar refractivity (Wildman–Crippen MR) is 86.3 cm³/mol. The number of hydrogen-bond donors (Lipinski definition) is 0. The van der Waals surface area contributed by atoms with Crippen LogP contribution in [0.2, 0.25) is 0 Å². The highest BCUT2D eigenvalue weighted by Gasteiger charge is 2.27. The van der Waals surface area contributed by atoms with Gasteiger partial charge in [-0.3, -0.25) is 0 Å². The fourth-order valence-corrected chi connectivity index (χ4v) is 2.86. The maximum atomic E-state index is 2.52. The van der Waals surface area contributed by atoms with E-state index in [4.69, 9.17) is 0 Å². The zero-order chi connectivity index (χ0) is 14.4. The zero-order valence-corrected chi connectivity index (χ0v) is 13.1. The molecule has 110 valence electrons. The van der Waals surface area contributed by atoms with Crippen molar-refractivity contribution in [3.8, 4) is 0 Å². The molecule has 1 atom stereocenters. The molecule has 2 rings (SSSR count). The van der Waals surface area contributed by atoms with E-state index in [9.17, 15) is 0 Å². The Hall–Kier alpha value is -1.44. The molecule has 1 unspecified atom stereocenters. The van der Waals surface area contributed by atoms with E-state index in [1.807, 2.05) is 0 Å². The van der Waals surface area contributed by atoms with Gasteiger partial charge < -0.3 is 9.80 Å². The number of nitrogens with zero attached hydrogens (tertiary/aromatic N) is 2. The smallest absolute Gasteiger partial charge is 0.105 e. The highest BCUT2D eigenvalue weighted by molar-refractivity contribution is 5.17. The first-order chi connectivity index (χ1) is 9.72. The second kappa shape index (κ2) is 7.37. The average Bonchev–Trinajstić information content (AvgIpc) is 2.84. The summed E-state index contributed by atoms with van der Waals surface area (Å²) in [5.74, 6) is 0. The Labute approximate surface area is 124 Å². The van der Waals surface area contributed by atoms with Gasteiger partial charge in [0.1, 0.15) is 6.17 Å². The summed E-state index contributed by atoms with van der Waals surface area (Å²) >= 11 is 0. The molecule has 0 bridgehead atoms. The van der Waals surface area contributed by atoms with Crippen LogP contribution < -0.4 is 0 Å². The minimum Gasteiger partial charge on any atom is -0.356 e. The molecule has 0 aliphatic carbocycles. The molecule has 0 fully saturated rings. The molecule has 0 amide bonds. The molecule has 0 spiro atoms. The first kappa shape index (κ1) is 15.0. The minimum atomic E-state index is 0.481. The third-order valence-electron chi connectivity index (χ3n) is 4.03. The molecule has 0 aromatic heterocycles. The van der Waals surface area contributed by atoms with Crippen LogP contribution >= 0.6 is 0 Å². The second-order valence-electron chi connectivity index (χ2n) is 5.95. The van der Waals surface area contributed by atoms with Gasteiger partial charge in [-0.1, -0.05) is 50.1 Å². The van der Waals surface area contributed by atoms with Crippen LogP contribution in [0.3, 0.4) is 0 Å². The van der Waals surface area contributed by atoms with Gasteiger partial charge in [-0.15, -0.1) is 0 Å². The molecule has 2 nitrogen and oxygen atoms in total. The van der Waals surface area contributed by atoms with Crippen molar-refractivity contribution in [3.63, 3.8) is 0 Å². The van der Waals surface area contributed by atoms with Gasteiger partial charge >= 0.3 is 0 Å². The van der Waals surface area contributed by atoms with Gasteiger partial charge in [0.25, 0.3) is 0 Å². The first-order valence-electron chi connectivity index (χ1n) is 7.97. The molecule has 1 heterocycles. The lowest BCUT2D eigenvalue weighted by molar-refractivity contribution is 0.125. The molecule has 0 saturated heterocycles. The van der Waals surface area contributed by atoms with Gasteiger partial charge in [-0.05, 0) is 25.8 Å². The van der Waals surface area contributed by atoms with Crippen LogP contribution in [0.25, 0.3) is 0 Å². The van der Waals surface area contributed by atoms with Gasteiger partial charge in [0.15, 0.2) is 0 Å². The number of hydrogen-bond acceptors (Lipinski definition) is 2. The van der Waals surface area contributed by atoms with E-state index in [2.05, 4.69) is 73.3 Å². The Kier molecular flexibility index (Phi) is 5.51. The van der Waals surface area contributed by atoms with E-state index < -0.39 is 0 Å². The molecular weight excluding hydrogens is 244 g/mol. The summed E-state index contributed by atoms with van der Waals surface area (Å²) in [7, 11) is 0. The predicted octanol–water partition coefficient (Wildman–Crippen LogP) is 4.24. The van der Waals surface area contributed by atoms with E-state index in [0.717, 1.165) is 6.42 Å². The Bertz CT molecular complexity index is 411. The summed E-state index contributed by atoms with van der Waals surface area (Å²) in [4.78, 5) is 5.00. The third-order valence-corrected chi connectivity index (χ3v) is 4.03. The van der Waals surface area contributed by atoms with Crippen LogP contribution in [0.5, 0.6) is 0 Å². The van der Waals surface area contributed by atoms with Crippen molar-refractivity contribution in [3.05, 3.63) is 48.3 Å². The van der Waals surface area contributed by atoms with Crippen LogP contribution in [-0.2, 0) is 6.42 Å². The average molecular weight is 272 g/mol. The second-order valence-corrected chi connectivity index (χ2v) is 5.95. The van der Waals surface area contributed by atoms with Crippen LogP contribution in [0, 0.1) is 0 Å². The summed E-state index contributed by atoms with van der Waals surface area (Å²) in [6.45, 7) is 7.99. The SMILES string of the molecule is CCCCCN1C=CN(C(C)C)C1Cc1ccccc1. The zero-order valence-electron chi connectivity index (χ0n) is 13.1. The molecule has 1 aliphatic rings. The molecular formula is C18H28N2. The fraction of sp³-hybridized carbons (Fsp3) is 0.556. The normalized spacial score (nSPS) is 18.3. The lowest BCUT2D eigenvalue weighted by Gasteiger charge is -2.35. The number of benzene rings is 1. The van der Waals surface area contributed by atoms with Crippen LogP contribution in [0.15, 0.2) is 42.7 Å². The summed E-state index contributed by atoms with van der Waals surface area (Å²) in [6.07, 6.45) is 10.0. The Morgan fingerprint density at radius 3 is 2.45 bits per heavy atom. The van der Waals surface area contributed by atoms with Crippen LogP contribution in [0.1, 0.15) is 45.6 Å². The van der Waals surface area contributed by atoms with E-state index >= 15 is 0 Å². The third kappa shape index (κ3) is 3.78. The van der Waals surface area contributed by atoms with Crippen molar-refractivity contribution < 1.29 is 0 Å². The maximum Gasteiger partial charge on any atom is 0.105 e. The van der Waals surface area contributed by atoms with Gasteiger partial charge in [-0.25, -0.2) is 0 Å². The molecule has 1 aliphatic heterocycles. The van der Waals surface area contributed by atoms with Crippen LogP contribution in [-0.4, -0.2) is 28.6 Å². The van der Waals surface area contributed by atoms with Crippen molar-refractivity contribution in [1.29, 1.82) is 0 Å². The topological polar surface area (TPSA) is 6.48 Å². The van der Waals surface area contributed by atoms with Crippen molar-refractivity contribution in [2.75, 3.05) is 6.54 Å². The lowest BCUT2D eigenvalue weighted by Crippen LogP contribution is -2.43. The van der Waals surface area contributed by atoms with E-state index in [-0.39, 0.29) is 0 Å². The minimum absolute atomic E-state index is 0.481. The van der Waals surface area contributed by atoms with Crippen molar-refractivity contribution in [2.45, 2.75) is 58.7 Å². The van der Waals surface area contributed by atoms with E-state index in [0.29, 0.717) is 12.2 Å². The first-order valence-corrected chi connectivity index (χ1v) is 7.97. The largest absolute Gasteiger partial charge is 0.356 e. The standard InChI is InChI=1S/C18H28N2/c1-4-5-9-12-19-13-14-20(16(2)3)18(19)15-17-10-7-6-8-11-17/h6-8,10-11,13-14,16,18H,4-5,9,12,15H2,1-3H3. The molecule has 0 N–H and O–H groups in total. The van der Waals surface area contributed by atoms with Gasteiger partial charge in [0, 0.05) is 31.4 Å². The van der Waals surface area contributed by atoms with Gasteiger partial charge in [0.05, 0.1) is 0 Å². The molecule has 0 saturated carbocycles. The Morgan fingerprint density at radius 2 is 1.80 bits per heavy atom. The van der Waals surface area contributed by atoms with Crippen molar-refractivity contribution in [2.24, 2.45) is 0 Å². The van der Waals surface area contributed by atoms with Gasteiger partial charge in [0.2, 0.25) is 0 Å². The van der Waals surface area contributed by atoms with Crippen molar-refractivity contribution in [1.82, 2.24) is 9.80 Å². The van der Waals surface area contributed by atoms with Gasteiger partial charge in [-0.2, -0.15) is 0 Å². The molecule has 2 heteroatoms. The summed E-state index contributed by atoms with van der Waals surface area (Å²) in [5.41, 5.74) is 1.42. The maximum absolute atomic E-state index is 2.52. The van der Waals surface area contributed by atoms with E-state index in [1.165, 1.54) is 31.4 Å². The summed E-state index contributed by atoms with van der Waals surface area (Å²) in [5, 5.41) is 0. The Morgan fingerprint density at radius 1 is 1.05 bits per heavy atom. The Balaban J connectivity index is 2.02. The molecule has 1 aromatic rings. The molecule has 20 heavy (non-hydrogen) atoms.